The molecule has 0 unspecified atom stereocenters. The lowest BCUT2D eigenvalue weighted by Crippen LogP contribution is -2.56. The maximum absolute atomic E-state index is 11.3. The number of primary amides is 1. The summed E-state index contributed by atoms with van der Waals surface area (Å²) >= 11 is 0. The fourth-order valence-electron chi connectivity index (χ4n) is 2.56. The smallest absolute Gasteiger partial charge is 0.237 e. The van der Waals surface area contributed by atoms with E-state index < -0.39 is 0 Å². The summed E-state index contributed by atoms with van der Waals surface area (Å²) in [6.45, 7) is 0. The van der Waals surface area contributed by atoms with Crippen molar-refractivity contribution in [3.63, 3.8) is 0 Å². The van der Waals surface area contributed by atoms with Crippen molar-refractivity contribution in [2.24, 2.45) is 5.73 Å². The Morgan fingerprint density at radius 3 is 3.08 bits per heavy atom. The Bertz CT molecular complexity index is 213. The van der Waals surface area contributed by atoms with Gasteiger partial charge in [-0.1, -0.05) is 0 Å². The highest BCUT2D eigenvalue weighted by Crippen LogP contribution is 2.42. The van der Waals surface area contributed by atoms with Crippen molar-refractivity contribution in [1.82, 2.24) is 4.90 Å². The van der Waals surface area contributed by atoms with Gasteiger partial charge in [-0.15, -0.1) is 0 Å². The highest BCUT2D eigenvalue weighted by Gasteiger charge is 2.50. The molecule has 1 amide bonds. The summed E-state index contributed by atoms with van der Waals surface area (Å²) in [4.78, 5) is 13.5. The average Bonchev–Trinajstić information content (AvgIpc) is 2.28. The monoisotopic (exact) mass is 167 g/mol. The van der Waals surface area contributed by atoms with Crippen LogP contribution in [0.5, 0.6) is 0 Å². The quantitative estimate of drug-likeness (QED) is 0.610. The molecule has 0 aliphatic carbocycles. The van der Waals surface area contributed by atoms with Crippen LogP contribution in [0.1, 0.15) is 25.7 Å². The van der Waals surface area contributed by atoms with Gasteiger partial charge >= 0.3 is 0 Å². The van der Waals surface area contributed by atoms with Crippen LogP contribution in [-0.4, -0.2) is 29.4 Å². The van der Waals surface area contributed by atoms with Crippen LogP contribution < -0.4 is 5.73 Å². The van der Waals surface area contributed by atoms with E-state index in [2.05, 4.69) is 11.3 Å². The van der Waals surface area contributed by atoms with Crippen LogP contribution >= 0.6 is 0 Å². The van der Waals surface area contributed by atoms with Crippen LogP contribution in [0.25, 0.3) is 0 Å². The minimum atomic E-state index is -0.330. The summed E-state index contributed by atoms with van der Waals surface area (Å²) < 4.78 is 0. The van der Waals surface area contributed by atoms with Crippen molar-refractivity contribution in [2.75, 3.05) is 7.05 Å². The molecule has 12 heavy (non-hydrogen) atoms. The van der Waals surface area contributed by atoms with E-state index in [-0.39, 0.29) is 11.4 Å². The van der Waals surface area contributed by atoms with Crippen LogP contribution in [0.4, 0.5) is 0 Å². The largest absolute Gasteiger partial charge is 0.368 e. The van der Waals surface area contributed by atoms with Crippen molar-refractivity contribution in [1.29, 1.82) is 0 Å². The maximum Gasteiger partial charge on any atom is 0.237 e. The Morgan fingerprint density at radius 1 is 1.75 bits per heavy atom. The van der Waals surface area contributed by atoms with E-state index in [1.807, 2.05) is 7.05 Å². The molecule has 0 spiro atoms. The molecule has 0 saturated carbocycles. The van der Waals surface area contributed by atoms with Crippen LogP contribution in [0, 0.1) is 6.42 Å². The van der Waals surface area contributed by atoms with E-state index in [1.165, 1.54) is 0 Å². The maximum atomic E-state index is 11.3. The number of likely N-dealkylation sites (N-methyl/N-ethyl adjacent to an activating group) is 1. The number of piperidine rings is 1. The fraction of sp³-hybridized carbons (Fsp3) is 0.778. The van der Waals surface area contributed by atoms with Gasteiger partial charge in [-0.25, -0.2) is 0 Å². The van der Waals surface area contributed by atoms with Crippen molar-refractivity contribution in [2.45, 2.75) is 37.3 Å². The third kappa shape index (κ3) is 0.829. The molecular weight excluding hydrogens is 152 g/mol. The molecule has 2 heterocycles. The van der Waals surface area contributed by atoms with Crippen LogP contribution in [0.2, 0.25) is 0 Å². The number of hydrogen-bond acceptors (Lipinski definition) is 2. The zero-order valence-corrected chi connectivity index (χ0v) is 7.42. The van der Waals surface area contributed by atoms with Gasteiger partial charge in [0.25, 0.3) is 0 Å². The van der Waals surface area contributed by atoms with Crippen molar-refractivity contribution < 1.29 is 4.79 Å². The second-order valence-corrected chi connectivity index (χ2v) is 3.93. The van der Waals surface area contributed by atoms with E-state index in [9.17, 15) is 4.79 Å². The lowest BCUT2D eigenvalue weighted by Gasteiger charge is -2.39. The molecule has 2 aliphatic heterocycles. The topological polar surface area (TPSA) is 46.3 Å². The second-order valence-electron chi connectivity index (χ2n) is 3.93. The molecule has 2 bridgehead atoms. The molecule has 2 saturated heterocycles. The van der Waals surface area contributed by atoms with Crippen LogP contribution in [0.15, 0.2) is 0 Å². The minimum Gasteiger partial charge on any atom is -0.368 e. The van der Waals surface area contributed by atoms with Crippen LogP contribution in [0.3, 0.4) is 0 Å². The Labute approximate surface area is 72.9 Å². The highest BCUT2D eigenvalue weighted by atomic mass is 16.1. The molecule has 67 valence electrons. The summed E-state index contributed by atoms with van der Waals surface area (Å²) in [5.41, 5.74) is 5.10. The Morgan fingerprint density at radius 2 is 2.50 bits per heavy atom. The number of fused-ring (bicyclic) bond motifs is 2. The van der Waals surface area contributed by atoms with Gasteiger partial charge in [-0.05, 0) is 39.2 Å². The average molecular weight is 167 g/mol. The van der Waals surface area contributed by atoms with Crippen LogP contribution in [-0.2, 0) is 4.79 Å². The first-order chi connectivity index (χ1) is 5.67. The fourth-order valence-corrected chi connectivity index (χ4v) is 2.56. The van der Waals surface area contributed by atoms with E-state index in [1.54, 1.807) is 0 Å². The van der Waals surface area contributed by atoms with E-state index in [0.717, 1.165) is 25.7 Å². The first kappa shape index (κ1) is 8.05. The summed E-state index contributed by atoms with van der Waals surface area (Å²) in [5.74, 6) is -0.150. The third-order valence-corrected chi connectivity index (χ3v) is 3.49. The normalized spacial score (nSPS) is 41.6. The van der Waals surface area contributed by atoms with Gasteiger partial charge < -0.3 is 5.73 Å². The first-order valence-corrected chi connectivity index (χ1v) is 4.51. The molecule has 3 nitrogen and oxygen atoms in total. The number of carbonyl (C=O) groups excluding carboxylic acids is 1. The zero-order chi connectivity index (χ0) is 8.77. The minimum absolute atomic E-state index is 0.150. The molecule has 2 aliphatic rings. The molecule has 1 radical (unpaired) electrons. The molecule has 0 aromatic carbocycles. The van der Waals surface area contributed by atoms with E-state index in [0.29, 0.717) is 6.04 Å². The number of nitrogens with zero attached hydrogens (tertiary/aromatic N) is 1. The molecule has 2 N–H and O–H groups in total. The predicted octanol–water partition coefficient (Wildman–Crippen LogP) is 0.303. The standard InChI is InChI=1S/C9H15N2O/c1-11-7-3-2-5-9(11,6-4-7)8(10)12/h2,7H,3-6H2,1H3,(H2,10,12)/t7-,9+/m0/s1. The predicted molar refractivity (Wildman–Crippen MR) is 46.2 cm³/mol. The van der Waals surface area contributed by atoms with Gasteiger partial charge in [0.1, 0.15) is 5.54 Å². The van der Waals surface area contributed by atoms with Gasteiger partial charge in [-0.3, -0.25) is 9.69 Å². The van der Waals surface area contributed by atoms with Gasteiger partial charge in [-0.2, -0.15) is 0 Å². The summed E-state index contributed by atoms with van der Waals surface area (Å²) in [7, 11) is 2.02. The van der Waals surface area contributed by atoms with Gasteiger partial charge in [0.15, 0.2) is 0 Å². The molecule has 2 rings (SSSR count). The summed E-state index contributed by atoms with van der Waals surface area (Å²) in [5, 5.41) is 0. The van der Waals surface area contributed by atoms with E-state index in [4.69, 9.17) is 5.73 Å². The van der Waals surface area contributed by atoms with Gasteiger partial charge in [0, 0.05) is 6.04 Å². The lowest BCUT2D eigenvalue weighted by atomic mass is 9.88. The number of carbonyl (C=O) groups is 1. The van der Waals surface area contributed by atoms with Crippen molar-refractivity contribution in [3.05, 3.63) is 6.42 Å². The second kappa shape index (κ2) is 2.46. The number of hydrogen-bond donors (Lipinski definition) is 1. The Hall–Kier alpha value is -0.570. The Kier molecular flexibility index (Phi) is 1.65. The van der Waals surface area contributed by atoms with Crippen molar-refractivity contribution in [3.8, 4) is 0 Å². The van der Waals surface area contributed by atoms with Gasteiger partial charge in [0.05, 0.1) is 0 Å². The summed E-state index contributed by atoms with van der Waals surface area (Å²) in [6, 6.07) is 0.561. The molecule has 0 aromatic rings. The SMILES string of the molecule is CN1[C@H]2C[CH]C[C@]1(C(N)=O)CC2. The highest BCUT2D eigenvalue weighted by molar-refractivity contribution is 5.85. The first-order valence-electron chi connectivity index (χ1n) is 4.51. The lowest BCUT2D eigenvalue weighted by molar-refractivity contribution is -0.129. The van der Waals surface area contributed by atoms with Gasteiger partial charge in [0.2, 0.25) is 5.91 Å². The zero-order valence-electron chi connectivity index (χ0n) is 7.42. The Balaban J connectivity index is 2.29. The van der Waals surface area contributed by atoms with Crippen molar-refractivity contribution >= 4 is 5.91 Å². The number of nitrogens with two attached hydrogens (primary N) is 1. The molecular formula is C9H15N2O. The third-order valence-electron chi connectivity index (χ3n) is 3.49. The number of amides is 1. The molecule has 2 atom stereocenters. The molecule has 0 aromatic heterocycles. The van der Waals surface area contributed by atoms with E-state index >= 15 is 0 Å². The summed E-state index contributed by atoms with van der Waals surface area (Å²) in [6.07, 6.45) is 6.24. The number of rotatable bonds is 1. The molecule has 3 heteroatoms. The molecule has 2 fully saturated rings.